The van der Waals surface area contributed by atoms with E-state index in [0.717, 1.165) is 15.6 Å². The molecule has 0 radical (unpaired) electrons. The van der Waals surface area contributed by atoms with E-state index in [1.807, 2.05) is 43.3 Å². The Balaban J connectivity index is 1.65. The van der Waals surface area contributed by atoms with Gasteiger partial charge in [-0.2, -0.15) is 0 Å². The van der Waals surface area contributed by atoms with Crippen molar-refractivity contribution in [2.24, 2.45) is 0 Å². The van der Waals surface area contributed by atoms with E-state index in [2.05, 4.69) is 26.6 Å². The van der Waals surface area contributed by atoms with Crippen molar-refractivity contribution in [3.05, 3.63) is 94.0 Å². The Kier molecular flexibility index (Phi) is 6.04. The van der Waals surface area contributed by atoms with Gasteiger partial charge in [-0.25, -0.2) is 0 Å². The summed E-state index contributed by atoms with van der Waals surface area (Å²) in [5.41, 5.74) is 3.83. The lowest BCUT2D eigenvalue weighted by atomic mass is 10.1. The molecule has 0 atom stereocenters. The molecule has 5 heteroatoms. The molecule has 136 valence electrons. The highest BCUT2D eigenvalue weighted by atomic mass is 79.9. The van der Waals surface area contributed by atoms with Crippen LogP contribution in [0.1, 0.15) is 21.5 Å². The standard InChI is InChI=1S/C22H19BrN2O2/c1-15-10-11-17(13-20(15)23)22(27)25-19-9-5-8-18(14-19)24-21(26)12-16-6-3-2-4-7-16/h2-11,13-14H,12H2,1H3,(H,24,26)(H,25,27). The van der Waals surface area contributed by atoms with E-state index >= 15 is 0 Å². The molecule has 0 fully saturated rings. The first kappa shape index (κ1) is 18.9. The lowest BCUT2D eigenvalue weighted by Crippen LogP contribution is -2.15. The van der Waals surface area contributed by atoms with Crippen molar-refractivity contribution in [1.82, 2.24) is 0 Å². The summed E-state index contributed by atoms with van der Waals surface area (Å²) < 4.78 is 0.886. The van der Waals surface area contributed by atoms with E-state index < -0.39 is 0 Å². The van der Waals surface area contributed by atoms with Crippen molar-refractivity contribution < 1.29 is 9.59 Å². The molecule has 0 aliphatic rings. The first-order valence-corrected chi connectivity index (χ1v) is 9.32. The molecule has 3 aromatic rings. The SMILES string of the molecule is Cc1ccc(C(=O)Nc2cccc(NC(=O)Cc3ccccc3)c2)cc1Br. The number of amides is 2. The summed E-state index contributed by atoms with van der Waals surface area (Å²) >= 11 is 3.44. The number of hydrogen-bond donors (Lipinski definition) is 2. The summed E-state index contributed by atoms with van der Waals surface area (Å²) in [6.07, 6.45) is 0.300. The van der Waals surface area contributed by atoms with Gasteiger partial charge in [0, 0.05) is 21.4 Å². The van der Waals surface area contributed by atoms with Crippen LogP contribution in [0.2, 0.25) is 0 Å². The van der Waals surface area contributed by atoms with Crippen LogP contribution in [0.15, 0.2) is 77.3 Å². The molecule has 3 aromatic carbocycles. The Hall–Kier alpha value is -2.92. The van der Waals surface area contributed by atoms with Gasteiger partial charge in [0.2, 0.25) is 5.91 Å². The Morgan fingerprint density at radius 1 is 0.852 bits per heavy atom. The zero-order valence-corrected chi connectivity index (χ0v) is 16.4. The number of carbonyl (C=O) groups excluding carboxylic acids is 2. The average molecular weight is 423 g/mol. The molecule has 2 amide bonds. The van der Waals surface area contributed by atoms with Crippen LogP contribution in [0, 0.1) is 6.92 Å². The summed E-state index contributed by atoms with van der Waals surface area (Å²) in [7, 11) is 0. The molecule has 27 heavy (non-hydrogen) atoms. The van der Waals surface area contributed by atoms with Crippen molar-refractivity contribution in [3.63, 3.8) is 0 Å². The van der Waals surface area contributed by atoms with Gasteiger partial charge in [-0.3, -0.25) is 9.59 Å². The highest BCUT2D eigenvalue weighted by Crippen LogP contribution is 2.20. The number of aryl methyl sites for hydroxylation is 1. The van der Waals surface area contributed by atoms with Gasteiger partial charge in [0.1, 0.15) is 0 Å². The van der Waals surface area contributed by atoms with Gasteiger partial charge in [0.15, 0.2) is 0 Å². The Labute approximate surface area is 166 Å². The van der Waals surface area contributed by atoms with Gasteiger partial charge >= 0.3 is 0 Å². The maximum Gasteiger partial charge on any atom is 0.255 e. The fraction of sp³-hybridized carbons (Fsp3) is 0.0909. The van der Waals surface area contributed by atoms with Crippen molar-refractivity contribution in [1.29, 1.82) is 0 Å². The van der Waals surface area contributed by atoms with Gasteiger partial charge in [-0.05, 0) is 48.4 Å². The van der Waals surface area contributed by atoms with Crippen LogP contribution in [-0.2, 0) is 11.2 Å². The number of halogens is 1. The van der Waals surface area contributed by atoms with Crippen LogP contribution in [0.5, 0.6) is 0 Å². The fourth-order valence-electron chi connectivity index (χ4n) is 2.60. The van der Waals surface area contributed by atoms with Crippen molar-refractivity contribution in [3.8, 4) is 0 Å². The molecule has 0 spiro atoms. The van der Waals surface area contributed by atoms with Crippen LogP contribution >= 0.6 is 15.9 Å². The van der Waals surface area contributed by atoms with E-state index in [-0.39, 0.29) is 11.8 Å². The zero-order valence-electron chi connectivity index (χ0n) is 14.8. The molecule has 0 aromatic heterocycles. The molecule has 0 heterocycles. The predicted molar refractivity (Wildman–Crippen MR) is 112 cm³/mol. The number of rotatable bonds is 5. The Morgan fingerprint density at radius 3 is 2.26 bits per heavy atom. The second-order valence-electron chi connectivity index (χ2n) is 6.21. The Bertz CT molecular complexity index is 971. The van der Waals surface area contributed by atoms with Crippen molar-refractivity contribution >= 4 is 39.1 Å². The monoisotopic (exact) mass is 422 g/mol. The van der Waals surface area contributed by atoms with Gasteiger partial charge in [0.25, 0.3) is 5.91 Å². The largest absolute Gasteiger partial charge is 0.326 e. The number of nitrogens with one attached hydrogen (secondary N) is 2. The molecule has 0 saturated heterocycles. The van der Waals surface area contributed by atoms with Crippen molar-refractivity contribution in [2.75, 3.05) is 10.6 Å². The van der Waals surface area contributed by atoms with Crippen LogP contribution in [0.3, 0.4) is 0 Å². The average Bonchev–Trinajstić information content (AvgIpc) is 2.65. The van der Waals surface area contributed by atoms with Gasteiger partial charge < -0.3 is 10.6 Å². The quantitative estimate of drug-likeness (QED) is 0.594. The first-order chi connectivity index (χ1) is 13.0. The molecule has 3 rings (SSSR count). The second kappa shape index (κ2) is 8.64. The minimum absolute atomic E-state index is 0.104. The van der Waals surface area contributed by atoms with E-state index in [4.69, 9.17) is 0 Å². The highest BCUT2D eigenvalue weighted by molar-refractivity contribution is 9.10. The molecule has 0 aliphatic heterocycles. The minimum atomic E-state index is -0.205. The molecule has 0 saturated carbocycles. The van der Waals surface area contributed by atoms with Gasteiger partial charge in [-0.1, -0.05) is 58.4 Å². The normalized spacial score (nSPS) is 10.3. The first-order valence-electron chi connectivity index (χ1n) is 8.52. The second-order valence-corrected chi connectivity index (χ2v) is 7.06. The van der Waals surface area contributed by atoms with Crippen LogP contribution in [-0.4, -0.2) is 11.8 Å². The maximum atomic E-state index is 12.4. The zero-order chi connectivity index (χ0) is 19.2. The topological polar surface area (TPSA) is 58.2 Å². The lowest BCUT2D eigenvalue weighted by Gasteiger charge is -2.10. The summed E-state index contributed by atoms with van der Waals surface area (Å²) in [6, 6.07) is 22.1. The van der Waals surface area contributed by atoms with E-state index in [0.29, 0.717) is 23.4 Å². The van der Waals surface area contributed by atoms with Crippen LogP contribution in [0.25, 0.3) is 0 Å². The van der Waals surface area contributed by atoms with Crippen LogP contribution in [0.4, 0.5) is 11.4 Å². The molecular weight excluding hydrogens is 404 g/mol. The molecule has 4 nitrogen and oxygen atoms in total. The Morgan fingerprint density at radius 2 is 1.56 bits per heavy atom. The summed E-state index contributed by atoms with van der Waals surface area (Å²) in [6.45, 7) is 1.97. The summed E-state index contributed by atoms with van der Waals surface area (Å²) in [5, 5.41) is 5.72. The number of anilines is 2. The highest BCUT2D eigenvalue weighted by Gasteiger charge is 2.09. The van der Waals surface area contributed by atoms with E-state index in [1.54, 1.807) is 36.4 Å². The third kappa shape index (κ3) is 5.28. The third-order valence-electron chi connectivity index (χ3n) is 4.05. The number of carbonyl (C=O) groups is 2. The lowest BCUT2D eigenvalue weighted by molar-refractivity contribution is -0.115. The molecular formula is C22H19BrN2O2. The van der Waals surface area contributed by atoms with Crippen LogP contribution < -0.4 is 10.6 Å². The predicted octanol–water partition coefficient (Wildman–Crippen LogP) is 5.19. The van der Waals surface area contributed by atoms with Gasteiger partial charge in [0.05, 0.1) is 6.42 Å². The molecule has 0 bridgehead atoms. The van der Waals surface area contributed by atoms with E-state index in [9.17, 15) is 9.59 Å². The van der Waals surface area contributed by atoms with Crippen molar-refractivity contribution in [2.45, 2.75) is 13.3 Å². The smallest absolute Gasteiger partial charge is 0.255 e. The summed E-state index contributed by atoms with van der Waals surface area (Å²) in [4.78, 5) is 24.6. The minimum Gasteiger partial charge on any atom is -0.326 e. The number of benzene rings is 3. The molecule has 0 unspecified atom stereocenters. The number of hydrogen-bond acceptors (Lipinski definition) is 2. The molecule has 0 aliphatic carbocycles. The molecule has 2 N–H and O–H groups in total. The third-order valence-corrected chi connectivity index (χ3v) is 4.90. The van der Waals surface area contributed by atoms with Gasteiger partial charge in [-0.15, -0.1) is 0 Å². The van der Waals surface area contributed by atoms with E-state index in [1.165, 1.54) is 0 Å². The summed E-state index contributed by atoms with van der Waals surface area (Å²) in [5.74, 6) is -0.310. The fourth-order valence-corrected chi connectivity index (χ4v) is 2.98. The maximum absolute atomic E-state index is 12.4.